The summed E-state index contributed by atoms with van der Waals surface area (Å²) in [4.78, 5) is 23.4. The van der Waals surface area contributed by atoms with Crippen molar-refractivity contribution in [2.45, 2.75) is 37.0 Å². The van der Waals surface area contributed by atoms with E-state index in [2.05, 4.69) is 16.0 Å². The van der Waals surface area contributed by atoms with Crippen LogP contribution in [0.25, 0.3) is 0 Å². The molecular weight excluding hydrogens is 312 g/mol. The van der Waals surface area contributed by atoms with Gasteiger partial charge in [0, 0.05) is 29.6 Å². The molecule has 0 spiro atoms. The number of hydrogen-bond acceptors (Lipinski definition) is 3. The summed E-state index contributed by atoms with van der Waals surface area (Å²) in [5.74, 6) is -2.66. The van der Waals surface area contributed by atoms with Crippen LogP contribution in [0.1, 0.15) is 20.3 Å². The standard InChI is InChI=1S/C14H19F2N3O2S/c1-9(2)18-12(20)6-7-17-14(21)19-10-4-3-5-11(8-10)22-13(15)16/h3-5,8-9,13H,6-7H2,1-2H3,(H,18,20)(H2,17,19,21). The maximum absolute atomic E-state index is 12.3. The number of carbonyl (C=O) groups is 2. The molecule has 0 heterocycles. The van der Waals surface area contributed by atoms with E-state index >= 15 is 0 Å². The van der Waals surface area contributed by atoms with Gasteiger partial charge in [-0.15, -0.1) is 0 Å². The maximum atomic E-state index is 12.3. The Labute approximate surface area is 132 Å². The van der Waals surface area contributed by atoms with E-state index < -0.39 is 11.8 Å². The number of anilines is 1. The van der Waals surface area contributed by atoms with Crippen LogP contribution in [-0.4, -0.2) is 30.3 Å². The summed E-state index contributed by atoms with van der Waals surface area (Å²) in [6.45, 7) is 3.89. The molecule has 0 radical (unpaired) electrons. The van der Waals surface area contributed by atoms with Crippen LogP contribution in [0.4, 0.5) is 19.3 Å². The van der Waals surface area contributed by atoms with Gasteiger partial charge in [-0.25, -0.2) is 4.79 Å². The molecular formula is C14H19F2N3O2S. The summed E-state index contributed by atoms with van der Waals surface area (Å²) in [5.41, 5.74) is 0.412. The SMILES string of the molecule is CC(C)NC(=O)CCNC(=O)Nc1cccc(SC(F)F)c1. The number of halogens is 2. The molecule has 8 heteroatoms. The van der Waals surface area contributed by atoms with Gasteiger partial charge in [0.2, 0.25) is 5.91 Å². The fourth-order valence-electron chi connectivity index (χ4n) is 1.61. The van der Waals surface area contributed by atoms with Gasteiger partial charge < -0.3 is 16.0 Å². The first kappa shape index (κ1) is 18.2. The van der Waals surface area contributed by atoms with E-state index in [-0.39, 0.29) is 24.9 Å². The third kappa shape index (κ3) is 7.82. The highest BCUT2D eigenvalue weighted by Crippen LogP contribution is 2.27. The minimum absolute atomic E-state index is 0.0522. The van der Waals surface area contributed by atoms with Crippen LogP contribution in [-0.2, 0) is 4.79 Å². The monoisotopic (exact) mass is 331 g/mol. The van der Waals surface area contributed by atoms with Crippen molar-refractivity contribution in [1.82, 2.24) is 10.6 Å². The average Bonchev–Trinajstić information content (AvgIpc) is 2.37. The predicted molar refractivity (Wildman–Crippen MR) is 83.2 cm³/mol. The number of alkyl halides is 2. The molecule has 1 rings (SSSR count). The molecule has 0 fully saturated rings. The van der Waals surface area contributed by atoms with Crippen molar-refractivity contribution in [3.05, 3.63) is 24.3 Å². The van der Waals surface area contributed by atoms with Crippen LogP contribution in [0.15, 0.2) is 29.2 Å². The highest BCUT2D eigenvalue weighted by Gasteiger charge is 2.08. The van der Waals surface area contributed by atoms with Crippen molar-refractivity contribution < 1.29 is 18.4 Å². The highest BCUT2D eigenvalue weighted by atomic mass is 32.2. The van der Waals surface area contributed by atoms with E-state index in [4.69, 9.17) is 0 Å². The zero-order chi connectivity index (χ0) is 16.5. The van der Waals surface area contributed by atoms with Gasteiger partial charge >= 0.3 is 6.03 Å². The topological polar surface area (TPSA) is 70.2 Å². The van der Waals surface area contributed by atoms with Gasteiger partial charge in [0.1, 0.15) is 0 Å². The molecule has 3 amide bonds. The molecule has 0 unspecified atom stereocenters. The predicted octanol–water partition coefficient (Wildman–Crippen LogP) is 3.04. The van der Waals surface area contributed by atoms with Gasteiger partial charge in [0.05, 0.1) is 0 Å². The van der Waals surface area contributed by atoms with Crippen LogP contribution in [0, 0.1) is 0 Å². The molecule has 5 nitrogen and oxygen atoms in total. The zero-order valence-electron chi connectivity index (χ0n) is 12.4. The average molecular weight is 331 g/mol. The normalized spacial score (nSPS) is 10.6. The van der Waals surface area contributed by atoms with E-state index in [1.165, 1.54) is 12.1 Å². The van der Waals surface area contributed by atoms with E-state index in [0.29, 0.717) is 22.3 Å². The van der Waals surface area contributed by atoms with Crippen molar-refractivity contribution in [3.63, 3.8) is 0 Å². The molecule has 122 valence electrons. The smallest absolute Gasteiger partial charge is 0.319 e. The number of amides is 3. The molecule has 0 aliphatic rings. The fraction of sp³-hybridized carbons (Fsp3) is 0.429. The van der Waals surface area contributed by atoms with Gasteiger partial charge in [-0.1, -0.05) is 17.8 Å². The molecule has 0 saturated carbocycles. The summed E-state index contributed by atoms with van der Waals surface area (Å²) in [7, 11) is 0. The van der Waals surface area contributed by atoms with Gasteiger partial charge in [-0.2, -0.15) is 8.78 Å². The molecule has 22 heavy (non-hydrogen) atoms. The Balaban J connectivity index is 2.37. The number of urea groups is 1. The number of benzene rings is 1. The number of nitrogens with one attached hydrogen (secondary N) is 3. The molecule has 1 aromatic carbocycles. The lowest BCUT2D eigenvalue weighted by Crippen LogP contribution is -2.35. The van der Waals surface area contributed by atoms with E-state index in [1.54, 1.807) is 12.1 Å². The maximum Gasteiger partial charge on any atom is 0.319 e. The number of rotatable bonds is 7. The van der Waals surface area contributed by atoms with Gasteiger partial charge in [0.25, 0.3) is 5.76 Å². The number of thioether (sulfide) groups is 1. The first-order valence-corrected chi connectivity index (χ1v) is 7.64. The molecule has 1 aromatic rings. The quantitative estimate of drug-likeness (QED) is 0.673. The molecule has 0 saturated heterocycles. The van der Waals surface area contributed by atoms with Crippen molar-refractivity contribution in [2.24, 2.45) is 0 Å². The largest absolute Gasteiger partial charge is 0.354 e. The second-order valence-electron chi connectivity index (χ2n) is 4.76. The van der Waals surface area contributed by atoms with Gasteiger partial charge in [-0.3, -0.25) is 4.79 Å². The second-order valence-corrected chi connectivity index (χ2v) is 5.82. The van der Waals surface area contributed by atoms with Crippen molar-refractivity contribution in [2.75, 3.05) is 11.9 Å². The van der Waals surface area contributed by atoms with Crippen LogP contribution in [0.2, 0.25) is 0 Å². The Kier molecular flexibility index (Phi) is 7.65. The first-order chi connectivity index (χ1) is 10.4. The van der Waals surface area contributed by atoms with Crippen LogP contribution < -0.4 is 16.0 Å². The summed E-state index contributed by atoms with van der Waals surface area (Å²) in [6.07, 6.45) is 0.173. The number of carbonyl (C=O) groups excluding carboxylic acids is 2. The lowest BCUT2D eigenvalue weighted by molar-refractivity contribution is -0.121. The third-order valence-electron chi connectivity index (χ3n) is 2.40. The van der Waals surface area contributed by atoms with Crippen molar-refractivity contribution >= 4 is 29.4 Å². The molecule has 0 aliphatic carbocycles. The highest BCUT2D eigenvalue weighted by molar-refractivity contribution is 7.99. The lowest BCUT2D eigenvalue weighted by atomic mass is 10.3. The summed E-state index contributed by atoms with van der Waals surface area (Å²) < 4.78 is 24.5. The zero-order valence-corrected chi connectivity index (χ0v) is 13.2. The Morgan fingerprint density at radius 1 is 1.27 bits per heavy atom. The Morgan fingerprint density at radius 3 is 2.64 bits per heavy atom. The lowest BCUT2D eigenvalue weighted by Gasteiger charge is -2.10. The molecule has 0 aliphatic heterocycles. The van der Waals surface area contributed by atoms with E-state index in [0.717, 1.165) is 0 Å². The van der Waals surface area contributed by atoms with Crippen LogP contribution in [0.3, 0.4) is 0 Å². The summed E-state index contributed by atoms with van der Waals surface area (Å²) >= 11 is 0.409. The molecule has 0 bridgehead atoms. The fourth-order valence-corrected chi connectivity index (χ4v) is 2.17. The summed E-state index contributed by atoms with van der Waals surface area (Å²) in [6, 6.07) is 5.74. The minimum Gasteiger partial charge on any atom is -0.354 e. The Bertz CT molecular complexity index is 513. The van der Waals surface area contributed by atoms with Crippen LogP contribution >= 0.6 is 11.8 Å². The first-order valence-electron chi connectivity index (χ1n) is 6.76. The summed E-state index contributed by atoms with van der Waals surface area (Å²) in [5, 5.41) is 7.77. The van der Waals surface area contributed by atoms with Gasteiger partial charge in [0.15, 0.2) is 0 Å². The molecule has 0 aromatic heterocycles. The Morgan fingerprint density at radius 2 is 2.00 bits per heavy atom. The van der Waals surface area contributed by atoms with Gasteiger partial charge in [-0.05, 0) is 32.0 Å². The van der Waals surface area contributed by atoms with E-state index in [1.807, 2.05) is 13.8 Å². The number of hydrogen-bond donors (Lipinski definition) is 3. The Hall–Kier alpha value is -1.83. The minimum atomic E-state index is -2.51. The third-order valence-corrected chi connectivity index (χ3v) is 3.11. The molecule has 3 N–H and O–H groups in total. The van der Waals surface area contributed by atoms with Crippen molar-refractivity contribution in [3.8, 4) is 0 Å². The van der Waals surface area contributed by atoms with Crippen LogP contribution in [0.5, 0.6) is 0 Å². The van der Waals surface area contributed by atoms with Crippen molar-refractivity contribution in [1.29, 1.82) is 0 Å². The van der Waals surface area contributed by atoms with E-state index in [9.17, 15) is 18.4 Å². The second kappa shape index (κ2) is 9.24. The molecule has 0 atom stereocenters.